The SMILES string of the molecule is CN=C(NCCC1CC1)NC1CCCC1.I. The van der Waals surface area contributed by atoms with Crippen LogP contribution in [0.3, 0.4) is 0 Å². The van der Waals surface area contributed by atoms with E-state index in [1.807, 2.05) is 7.05 Å². The fourth-order valence-corrected chi connectivity index (χ4v) is 2.26. The van der Waals surface area contributed by atoms with Gasteiger partial charge >= 0.3 is 0 Å². The molecule has 2 saturated carbocycles. The smallest absolute Gasteiger partial charge is 0.191 e. The lowest BCUT2D eigenvalue weighted by Crippen LogP contribution is -2.42. The number of hydrogen-bond acceptors (Lipinski definition) is 1. The van der Waals surface area contributed by atoms with Crippen LogP contribution < -0.4 is 10.6 Å². The highest BCUT2D eigenvalue weighted by Crippen LogP contribution is 2.31. The third-order valence-electron chi connectivity index (χ3n) is 3.46. The molecule has 3 nitrogen and oxygen atoms in total. The van der Waals surface area contributed by atoms with Gasteiger partial charge in [-0.1, -0.05) is 25.7 Å². The van der Waals surface area contributed by atoms with Crippen LogP contribution >= 0.6 is 24.0 Å². The molecular weight excluding hydrogens is 313 g/mol. The predicted octanol–water partition coefficient (Wildman–Crippen LogP) is 2.51. The molecule has 0 aromatic heterocycles. The summed E-state index contributed by atoms with van der Waals surface area (Å²) in [6.07, 6.45) is 9.55. The Hall–Kier alpha value is 0. The van der Waals surface area contributed by atoms with Gasteiger partial charge in [0.1, 0.15) is 0 Å². The molecule has 2 aliphatic rings. The lowest BCUT2D eigenvalue weighted by atomic mass is 10.2. The van der Waals surface area contributed by atoms with E-state index in [9.17, 15) is 0 Å². The summed E-state index contributed by atoms with van der Waals surface area (Å²) in [4.78, 5) is 4.26. The number of rotatable bonds is 4. The van der Waals surface area contributed by atoms with E-state index in [0.717, 1.165) is 18.4 Å². The molecule has 0 aliphatic heterocycles. The molecule has 0 saturated heterocycles. The van der Waals surface area contributed by atoms with Crippen LogP contribution in [0.4, 0.5) is 0 Å². The van der Waals surface area contributed by atoms with Crippen LogP contribution in [0.2, 0.25) is 0 Å². The van der Waals surface area contributed by atoms with E-state index in [-0.39, 0.29) is 24.0 Å². The number of nitrogens with one attached hydrogen (secondary N) is 2. The Morgan fingerprint density at radius 1 is 1.19 bits per heavy atom. The standard InChI is InChI=1S/C12H23N3.HI/c1-13-12(14-9-8-10-6-7-10)15-11-4-2-3-5-11;/h10-11H,2-9H2,1H3,(H2,13,14,15);1H. The van der Waals surface area contributed by atoms with E-state index in [1.165, 1.54) is 44.9 Å². The van der Waals surface area contributed by atoms with E-state index < -0.39 is 0 Å². The highest BCUT2D eigenvalue weighted by molar-refractivity contribution is 14.0. The largest absolute Gasteiger partial charge is 0.356 e. The fourth-order valence-electron chi connectivity index (χ4n) is 2.26. The Bertz CT molecular complexity index is 220. The number of aliphatic imine (C=N–C) groups is 1. The van der Waals surface area contributed by atoms with Crippen molar-refractivity contribution in [2.75, 3.05) is 13.6 Å². The summed E-state index contributed by atoms with van der Waals surface area (Å²) in [6, 6.07) is 0.664. The highest BCUT2D eigenvalue weighted by Gasteiger charge is 2.21. The number of nitrogens with zero attached hydrogens (tertiary/aromatic N) is 1. The van der Waals surface area contributed by atoms with Gasteiger partial charge in [-0.25, -0.2) is 0 Å². The zero-order valence-corrected chi connectivity index (χ0v) is 12.5. The van der Waals surface area contributed by atoms with Crippen LogP contribution in [-0.4, -0.2) is 25.6 Å². The maximum Gasteiger partial charge on any atom is 0.191 e. The van der Waals surface area contributed by atoms with E-state index in [1.54, 1.807) is 0 Å². The first kappa shape index (κ1) is 14.1. The van der Waals surface area contributed by atoms with E-state index >= 15 is 0 Å². The summed E-state index contributed by atoms with van der Waals surface area (Å²) < 4.78 is 0. The minimum Gasteiger partial charge on any atom is -0.356 e. The first-order valence-electron chi connectivity index (χ1n) is 6.35. The summed E-state index contributed by atoms with van der Waals surface area (Å²) in [5.41, 5.74) is 0. The molecule has 16 heavy (non-hydrogen) atoms. The number of guanidine groups is 1. The Morgan fingerprint density at radius 2 is 1.88 bits per heavy atom. The Morgan fingerprint density at radius 3 is 2.44 bits per heavy atom. The van der Waals surface area contributed by atoms with Crippen molar-refractivity contribution in [2.45, 2.75) is 51.0 Å². The maximum absolute atomic E-state index is 4.26. The van der Waals surface area contributed by atoms with E-state index in [4.69, 9.17) is 0 Å². The van der Waals surface area contributed by atoms with Crippen LogP contribution in [0.5, 0.6) is 0 Å². The van der Waals surface area contributed by atoms with Gasteiger partial charge in [-0.05, 0) is 25.2 Å². The molecule has 94 valence electrons. The van der Waals surface area contributed by atoms with Crippen molar-refractivity contribution in [1.29, 1.82) is 0 Å². The first-order valence-corrected chi connectivity index (χ1v) is 6.35. The highest BCUT2D eigenvalue weighted by atomic mass is 127. The number of hydrogen-bond donors (Lipinski definition) is 2. The molecule has 2 rings (SSSR count). The van der Waals surface area contributed by atoms with Gasteiger partial charge in [-0.15, -0.1) is 24.0 Å². The molecule has 0 aromatic rings. The maximum atomic E-state index is 4.26. The lowest BCUT2D eigenvalue weighted by molar-refractivity contribution is 0.605. The molecule has 0 heterocycles. The molecule has 2 N–H and O–H groups in total. The van der Waals surface area contributed by atoms with Crippen molar-refractivity contribution in [3.63, 3.8) is 0 Å². The molecule has 0 unspecified atom stereocenters. The van der Waals surface area contributed by atoms with Gasteiger partial charge in [0, 0.05) is 19.6 Å². The Labute approximate surface area is 116 Å². The molecule has 4 heteroatoms. The summed E-state index contributed by atoms with van der Waals surface area (Å²) in [6.45, 7) is 1.08. The van der Waals surface area contributed by atoms with Crippen LogP contribution in [0, 0.1) is 5.92 Å². The third kappa shape index (κ3) is 4.89. The lowest BCUT2D eigenvalue weighted by Gasteiger charge is -2.16. The molecule has 0 bridgehead atoms. The molecule has 0 spiro atoms. The van der Waals surface area contributed by atoms with Gasteiger partial charge in [0.05, 0.1) is 0 Å². The van der Waals surface area contributed by atoms with Gasteiger partial charge in [-0.2, -0.15) is 0 Å². The average molecular weight is 337 g/mol. The van der Waals surface area contributed by atoms with Crippen LogP contribution in [0.15, 0.2) is 4.99 Å². The number of halogens is 1. The topological polar surface area (TPSA) is 36.4 Å². The Kier molecular flexibility index (Phi) is 6.46. The molecule has 0 amide bonds. The van der Waals surface area contributed by atoms with Gasteiger partial charge in [-0.3, -0.25) is 4.99 Å². The van der Waals surface area contributed by atoms with Gasteiger partial charge < -0.3 is 10.6 Å². The van der Waals surface area contributed by atoms with Gasteiger partial charge in [0.15, 0.2) is 5.96 Å². The molecule has 2 aliphatic carbocycles. The molecular formula is C12H24IN3. The first-order chi connectivity index (χ1) is 7.38. The molecule has 0 radical (unpaired) electrons. The second-order valence-corrected chi connectivity index (χ2v) is 4.86. The van der Waals surface area contributed by atoms with E-state index in [2.05, 4.69) is 15.6 Å². The third-order valence-corrected chi connectivity index (χ3v) is 3.46. The van der Waals surface area contributed by atoms with Crippen LogP contribution in [0.25, 0.3) is 0 Å². The Balaban J connectivity index is 0.00000128. The summed E-state index contributed by atoms with van der Waals surface area (Å²) in [5.74, 6) is 2.00. The zero-order valence-electron chi connectivity index (χ0n) is 10.2. The zero-order chi connectivity index (χ0) is 10.5. The average Bonchev–Trinajstić information content (AvgIpc) is 2.93. The van der Waals surface area contributed by atoms with Crippen molar-refractivity contribution >= 4 is 29.9 Å². The molecule has 2 fully saturated rings. The normalized spacial score (nSPS) is 21.7. The second kappa shape index (κ2) is 7.35. The minimum absolute atomic E-state index is 0. The second-order valence-electron chi connectivity index (χ2n) is 4.86. The van der Waals surface area contributed by atoms with Crippen LogP contribution in [-0.2, 0) is 0 Å². The van der Waals surface area contributed by atoms with Crippen molar-refractivity contribution in [3.05, 3.63) is 0 Å². The fraction of sp³-hybridized carbons (Fsp3) is 0.917. The van der Waals surface area contributed by atoms with Crippen LogP contribution in [0.1, 0.15) is 44.9 Å². The van der Waals surface area contributed by atoms with Crippen molar-refractivity contribution in [1.82, 2.24) is 10.6 Å². The summed E-state index contributed by atoms with van der Waals surface area (Å²) >= 11 is 0. The van der Waals surface area contributed by atoms with Crippen molar-refractivity contribution < 1.29 is 0 Å². The monoisotopic (exact) mass is 337 g/mol. The molecule has 0 aromatic carbocycles. The summed E-state index contributed by atoms with van der Waals surface area (Å²) in [5, 5.41) is 6.91. The van der Waals surface area contributed by atoms with Gasteiger partial charge in [0.2, 0.25) is 0 Å². The molecule has 0 atom stereocenters. The van der Waals surface area contributed by atoms with Gasteiger partial charge in [0.25, 0.3) is 0 Å². The summed E-state index contributed by atoms with van der Waals surface area (Å²) in [7, 11) is 1.86. The van der Waals surface area contributed by atoms with Crippen molar-refractivity contribution in [2.24, 2.45) is 10.9 Å². The van der Waals surface area contributed by atoms with E-state index in [0.29, 0.717) is 6.04 Å². The minimum atomic E-state index is 0. The quantitative estimate of drug-likeness (QED) is 0.470. The predicted molar refractivity (Wildman–Crippen MR) is 79.5 cm³/mol. The van der Waals surface area contributed by atoms with Crippen molar-refractivity contribution in [3.8, 4) is 0 Å².